The van der Waals surface area contributed by atoms with Crippen LogP contribution in [0.15, 0.2) is 0 Å². The molecule has 50 heavy (non-hydrogen) atoms. The summed E-state index contributed by atoms with van der Waals surface area (Å²) in [5.41, 5.74) is 0. The van der Waals surface area contributed by atoms with E-state index in [1.807, 2.05) is 41.5 Å². The molecule has 0 saturated heterocycles. The van der Waals surface area contributed by atoms with Gasteiger partial charge in [-0.3, -0.25) is 0 Å². The van der Waals surface area contributed by atoms with E-state index in [0.717, 1.165) is 101 Å². The normalized spacial score (nSPS) is 16.4. The van der Waals surface area contributed by atoms with Crippen molar-refractivity contribution in [3.05, 3.63) is 0 Å². The minimum atomic E-state index is 0.799. The van der Waals surface area contributed by atoms with Crippen LogP contribution in [-0.4, -0.2) is 0 Å². The molecule has 0 N–H and O–H groups in total. The maximum atomic E-state index is 2.45. The molecule has 0 radical (unpaired) electrons. The fraction of sp³-hybridized carbons (Fsp3) is 1.00. The molecule has 0 aromatic rings. The van der Waals surface area contributed by atoms with Crippen LogP contribution in [-0.2, 0) is 0 Å². The van der Waals surface area contributed by atoms with Crippen LogP contribution in [0.2, 0.25) is 0 Å². The molecule has 314 valence electrons. The highest BCUT2D eigenvalue weighted by Gasteiger charge is 2.33. The van der Waals surface area contributed by atoms with Crippen LogP contribution in [0.3, 0.4) is 0 Å². The smallest absolute Gasteiger partial charge is 0.0330 e. The molecule has 0 saturated carbocycles. The monoisotopic (exact) mass is 715 g/mol. The predicted molar refractivity (Wildman–Crippen MR) is 244 cm³/mol. The van der Waals surface area contributed by atoms with E-state index in [2.05, 4.69) is 173 Å². The van der Waals surface area contributed by atoms with E-state index in [1.165, 1.54) is 12.8 Å². The van der Waals surface area contributed by atoms with Crippen molar-refractivity contribution in [2.45, 2.75) is 227 Å². The topological polar surface area (TPSA) is 0 Å². The molecule has 8 unspecified atom stereocenters. The highest BCUT2D eigenvalue weighted by atomic mass is 14.4. The van der Waals surface area contributed by atoms with E-state index >= 15 is 0 Å². The van der Waals surface area contributed by atoms with Crippen molar-refractivity contribution >= 4 is 0 Å². The molecule has 0 aliphatic rings. The first-order valence-electron chi connectivity index (χ1n) is 22.8. The average Bonchev–Trinajstić information content (AvgIpc) is 3.06. The van der Waals surface area contributed by atoms with Crippen LogP contribution < -0.4 is 0 Å². The summed E-state index contributed by atoms with van der Waals surface area (Å²) in [6.45, 7) is 70.6. The first-order valence-corrected chi connectivity index (χ1v) is 22.8. The zero-order chi connectivity index (χ0) is 42.2. The van der Waals surface area contributed by atoms with Gasteiger partial charge in [0.25, 0.3) is 0 Å². The summed E-state index contributed by atoms with van der Waals surface area (Å²) in [6, 6.07) is 0. The summed E-state index contributed by atoms with van der Waals surface area (Å²) in [5, 5.41) is 0. The molecule has 0 fully saturated rings. The lowest BCUT2D eigenvalue weighted by Gasteiger charge is -2.40. The molecule has 0 aromatic carbocycles. The first-order chi connectivity index (χ1) is 22.8. The van der Waals surface area contributed by atoms with Gasteiger partial charge in [0, 0.05) is 0 Å². The third kappa shape index (κ3) is 36.4. The fourth-order valence-corrected chi connectivity index (χ4v) is 5.59. The summed E-state index contributed by atoms with van der Waals surface area (Å²) in [6.07, 6.45) is 2.70. The third-order valence-corrected chi connectivity index (χ3v) is 12.7. The van der Waals surface area contributed by atoms with Crippen LogP contribution in [0.4, 0.5) is 0 Å². The fourth-order valence-electron chi connectivity index (χ4n) is 5.59. The molecule has 0 aliphatic carbocycles. The Labute approximate surface area is 327 Å². The standard InChI is InChI=1S/C16H34.C11H24.C10H22.C7H16.3C2H6/c1-10(2)13(7)16(14(8)11(3)4)15(9)12(5)6;1-8(2)10(5)7-11(6)9(3)4;1-7(2)9(5)10(6)8(3)4;1-5-7(4)6(2)3;3*1-2/h10-16H,1-9H3;8-11H,7H2,1-6H3;7-10H,1-6H3;6-7H,5H2,1-4H3;3*1-2H3. The molecule has 0 heteroatoms. The maximum Gasteiger partial charge on any atom is -0.0330 e. The van der Waals surface area contributed by atoms with E-state index in [0.29, 0.717) is 0 Å². The van der Waals surface area contributed by atoms with Crippen LogP contribution in [0.1, 0.15) is 227 Å². The van der Waals surface area contributed by atoms with E-state index in [1.54, 1.807) is 0 Å². The number of hydrogen-bond acceptors (Lipinski definition) is 0. The van der Waals surface area contributed by atoms with E-state index in [4.69, 9.17) is 0 Å². The van der Waals surface area contributed by atoms with Crippen LogP contribution in [0.5, 0.6) is 0 Å². The summed E-state index contributed by atoms with van der Waals surface area (Å²) < 4.78 is 0. The van der Waals surface area contributed by atoms with Gasteiger partial charge in [-0.2, -0.15) is 0 Å². The lowest BCUT2D eigenvalue weighted by molar-refractivity contribution is 0.0860. The van der Waals surface area contributed by atoms with Crippen LogP contribution in [0, 0.1) is 101 Å². The van der Waals surface area contributed by atoms with E-state index in [-0.39, 0.29) is 0 Å². The minimum Gasteiger partial charge on any atom is -0.0683 e. The number of hydrogen-bond donors (Lipinski definition) is 0. The third-order valence-electron chi connectivity index (χ3n) is 12.7. The summed E-state index contributed by atoms with van der Waals surface area (Å²) >= 11 is 0. The molecule has 0 spiro atoms. The van der Waals surface area contributed by atoms with E-state index < -0.39 is 0 Å². The largest absolute Gasteiger partial charge is 0.0683 e. The summed E-state index contributed by atoms with van der Waals surface area (Å²) in [7, 11) is 0. The van der Waals surface area contributed by atoms with Crippen LogP contribution >= 0.6 is 0 Å². The zero-order valence-corrected chi connectivity index (χ0v) is 42.2. The Morgan fingerprint density at radius 3 is 0.520 bits per heavy atom. The second kappa shape index (κ2) is 40.2. The van der Waals surface area contributed by atoms with Crippen molar-refractivity contribution in [3.8, 4) is 0 Å². The van der Waals surface area contributed by atoms with Crippen molar-refractivity contribution in [2.75, 3.05) is 0 Å². The second-order valence-electron chi connectivity index (χ2n) is 18.4. The molecule has 0 aliphatic heterocycles. The van der Waals surface area contributed by atoms with Crippen molar-refractivity contribution in [1.82, 2.24) is 0 Å². The minimum absolute atomic E-state index is 0.799. The van der Waals surface area contributed by atoms with Gasteiger partial charge in [0.15, 0.2) is 0 Å². The molecule has 8 atom stereocenters. The number of rotatable bonds is 15. The molecule has 0 amide bonds. The highest BCUT2D eigenvalue weighted by Crippen LogP contribution is 2.39. The Hall–Kier alpha value is 0. The van der Waals surface area contributed by atoms with Gasteiger partial charge in [-0.15, -0.1) is 0 Å². The SMILES string of the molecule is CC.CC.CC.CC(C)C(C)C(C(C)C(C)C)C(C)C(C)C.CC(C)C(C)C(C)C(C)C.CC(C)C(C)CC(C)C(C)C.CCC(C)C(C)C. The van der Waals surface area contributed by atoms with Gasteiger partial charge in [-0.05, 0) is 107 Å². The van der Waals surface area contributed by atoms with Gasteiger partial charge < -0.3 is 0 Å². The van der Waals surface area contributed by atoms with Crippen molar-refractivity contribution in [1.29, 1.82) is 0 Å². The Bertz CT molecular complexity index is 534. The van der Waals surface area contributed by atoms with Crippen LogP contribution in [0.25, 0.3) is 0 Å². The van der Waals surface area contributed by atoms with Crippen molar-refractivity contribution < 1.29 is 0 Å². The highest BCUT2D eigenvalue weighted by molar-refractivity contribution is 4.81. The zero-order valence-electron chi connectivity index (χ0n) is 42.2. The van der Waals surface area contributed by atoms with Crippen molar-refractivity contribution in [3.63, 3.8) is 0 Å². The predicted octanol–water partition coefficient (Wildman–Crippen LogP) is 18.8. The quantitative estimate of drug-likeness (QED) is 0.158. The lowest BCUT2D eigenvalue weighted by Crippen LogP contribution is -2.34. The first kappa shape index (κ1) is 64.9. The lowest BCUT2D eigenvalue weighted by atomic mass is 9.65. The average molecular weight is 715 g/mol. The summed E-state index contributed by atoms with van der Waals surface area (Å²) in [4.78, 5) is 0. The molecule has 0 heterocycles. The van der Waals surface area contributed by atoms with Gasteiger partial charge in [0.2, 0.25) is 0 Å². The van der Waals surface area contributed by atoms with Gasteiger partial charge in [-0.1, -0.05) is 221 Å². The van der Waals surface area contributed by atoms with E-state index in [9.17, 15) is 0 Å². The van der Waals surface area contributed by atoms with Gasteiger partial charge in [0.1, 0.15) is 0 Å². The molecule has 0 bridgehead atoms. The maximum absolute atomic E-state index is 2.45. The molecule has 0 nitrogen and oxygen atoms in total. The molecular weight excluding hydrogens is 601 g/mol. The Morgan fingerprint density at radius 1 is 0.240 bits per heavy atom. The van der Waals surface area contributed by atoms with Gasteiger partial charge in [0.05, 0.1) is 0 Å². The second-order valence-corrected chi connectivity index (χ2v) is 18.4. The van der Waals surface area contributed by atoms with Gasteiger partial charge in [-0.25, -0.2) is 0 Å². The Kier molecular flexibility index (Phi) is 52.2. The van der Waals surface area contributed by atoms with Gasteiger partial charge >= 0.3 is 0 Å². The molecular formula is C50H114. The Morgan fingerprint density at radius 2 is 0.420 bits per heavy atom. The molecule has 0 rings (SSSR count). The summed E-state index contributed by atoms with van der Waals surface area (Å²) in [5.74, 6) is 14.3. The Balaban J connectivity index is -0.0000000967. The molecule has 0 aromatic heterocycles. The van der Waals surface area contributed by atoms with Crippen molar-refractivity contribution in [2.24, 2.45) is 101 Å².